The molecule has 4 nitrogen and oxygen atoms in total. The summed E-state index contributed by atoms with van der Waals surface area (Å²) < 4.78 is 5.70. The molecule has 0 radical (unpaired) electrons. The Morgan fingerprint density at radius 2 is 2.26 bits per heavy atom. The molecule has 1 aromatic carbocycles. The second-order valence-electron chi connectivity index (χ2n) is 4.55. The fourth-order valence-corrected chi connectivity index (χ4v) is 2.28. The Balaban J connectivity index is 1.99. The second-order valence-corrected chi connectivity index (χ2v) is 5.08. The van der Waals surface area contributed by atoms with Gasteiger partial charge >= 0.3 is 0 Å². The maximum Gasteiger partial charge on any atom is 0.263 e. The Morgan fingerprint density at radius 1 is 1.53 bits per heavy atom. The standard InChI is InChI=1S/C14H18N2O2S/c1-2-16(8-7-13(15)19)14(17)12-9-10-5-3-4-6-11(10)18-12/h3-6,12H,2,7-9H2,1H3,(H2,15,19). The quantitative estimate of drug-likeness (QED) is 0.830. The Bertz CT molecular complexity index is 465. The number of likely N-dealkylation sites (N-methyl/N-ethyl adjacent to an activating group) is 1. The van der Waals surface area contributed by atoms with Gasteiger partial charge in [0.25, 0.3) is 5.91 Å². The van der Waals surface area contributed by atoms with Crippen LogP contribution >= 0.6 is 12.2 Å². The first kappa shape index (κ1) is 13.8. The number of amides is 1. The molecular weight excluding hydrogens is 260 g/mol. The number of carbonyl (C=O) groups is 1. The van der Waals surface area contributed by atoms with E-state index in [-0.39, 0.29) is 5.91 Å². The molecule has 0 spiro atoms. The largest absolute Gasteiger partial charge is 0.480 e. The Morgan fingerprint density at radius 3 is 2.89 bits per heavy atom. The molecule has 0 saturated heterocycles. The number of ether oxygens (including phenoxy) is 1. The van der Waals surface area contributed by atoms with Gasteiger partial charge < -0.3 is 15.4 Å². The van der Waals surface area contributed by atoms with E-state index in [2.05, 4.69) is 0 Å². The fraction of sp³-hybridized carbons (Fsp3) is 0.429. The third-order valence-corrected chi connectivity index (χ3v) is 3.45. The van der Waals surface area contributed by atoms with Crippen molar-refractivity contribution < 1.29 is 9.53 Å². The van der Waals surface area contributed by atoms with E-state index in [1.165, 1.54) is 0 Å². The van der Waals surface area contributed by atoms with E-state index in [0.29, 0.717) is 30.9 Å². The smallest absolute Gasteiger partial charge is 0.263 e. The molecule has 1 aliphatic rings. The van der Waals surface area contributed by atoms with Crippen molar-refractivity contribution in [1.82, 2.24) is 4.90 Å². The van der Waals surface area contributed by atoms with Crippen LogP contribution in [0.3, 0.4) is 0 Å². The predicted molar refractivity (Wildman–Crippen MR) is 78.2 cm³/mol. The minimum atomic E-state index is -0.413. The molecule has 0 aromatic heterocycles. The van der Waals surface area contributed by atoms with Crippen molar-refractivity contribution in [3.8, 4) is 5.75 Å². The van der Waals surface area contributed by atoms with Crippen LogP contribution in [0.25, 0.3) is 0 Å². The first-order valence-electron chi connectivity index (χ1n) is 6.43. The first-order chi connectivity index (χ1) is 9.11. The van der Waals surface area contributed by atoms with Crippen LogP contribution in [-0.4, -0.2) is 35.0 Å². The Kier molecular flexibility index (Phi) is 4.37. The molecule has 1 amide bonds. The van der Waals surface area contributed by atoms with Crippen LogP contribution in [0, 0.1) is 0 Å². The molecule has 0 aliphatic carbocycles. The molecule has 102 valence electrons. The lowest BCUT2D eigenvalue weighted by Crippen LogP contribution is -2.42. The summed E-state index contributed by atoms with van der Waals surface area (Å²) in [5.74, 6) is 0.821. The molecule has 1 heterocycles. The van der Waals surface area contributed by atoms with E-state index in [1.54, 1.807) is 4.90 Å². The number of nitrogens with zero attached hydrogens (tertiary/aromatic N) is 1. The lowest BCUT2D eigenvalue weighted by Gasteiger charge is -2.23. The molecule has 1 aromatic rings. The van der Waals surface area contributed by atoms with Crippen LogP contribution in [-0.2, 0) is 11.2 Å². The van der Waals surface area contributed by atoms with Crippen LogP contribution < -0.4 is 10.5 Å². The number of carbonyl (C=O) groups excluding carboxylic acids is 1. The van der Waals surface area contributed by atoms with Gasteiger partial charge in [0.05, 0.1) is 4.99 Å². The van der Waals surface area contributed by atoms with Gasteiger partial charge in [0.2, 0.25) is 0 Å². The first-order valence-corrected chi connectivity index (χ1v) is 6.84. The van der Waals surface area contributed by atoms with E-state index in [1.807, 2.05) is 31.2 Å². The van der Waals surface area contributed by atoms with E-state index in [9.17, 15) is 4.79 Å². The number of hydrogen-bond acceptors (Lipinski definition) is 3. The zero-order valence-electron chi connectivity index (χ0n) is 11.0. The molecule has 0 saturated carbocycles. The number of nitrogens with two attached hydrogens (primary N) is 1. The molecule has 0 fully saturated rings. The average molecular weight is 278 g/mol. The number of para-hydroxylation sites is 1. The van der Waals surface area contributed by atoms with Gasteiger partial charge in [-0.1, -0.05) is 30.4 Å². The van der Waals surface area contributed by atoms with Gasteiger partial charge in [-0.25, -0.2) is 0 Å². The van der Waals surface area contributed by atoms with E-state index >= 15 is 0 Å². The zero-order valence-corrected chi connectivity index (χ0v) is 11.8. The minimum Gasteiger partial charge on any atom is -0.480 e. The van der Waals surface area contributed by atoms with E-state index in [4.69, 9.17) is 22.7 Å². The lowest BCUT2D eigenvalue weighted by molar-refractivity contribution is -0.137. The number of benzene rings is 1. The van der Waals surface area contributed by atoms with Gasteiger partial charge in [-0.3, -0.25) is 4.79 Å². The molecule has 1 unspecified atom stereocenters. The Hall–Kier alpha value is -1.62. The fourth-order valence-electron chi connectivity index (χ4n) is 2.19. The van der Waals surface area contributed by atoms with Gasteiger partial charge in [-0.15, -0.1) is 0 Å². The van der Waals surface area contributed by atoms with Gasteiger partial charge in [0.1, 0.15) is 5.75 Å². The maximum atomic E-state index is 12.4. The van der Waals surface area contributed by atoms with Crippen molar-refractivity contribution in [3.63, 3.8) is 0 Å². The second kappa shape index (κ2) is 6.02. The van der Waals surface area contributed by atoms with Crippen molar-refractivity contribution in [2.45, 2.75) is 25.9 Å². The predicted octanol–water partition coefficient (Wildman–Crippen LogP) is 1.51. The summed E-state index contributed by atoms with van der Waals surface area (Å²) >= 11 is 4.85. The monoisotopic (exact) mass is 278 g/mol. The van der Waals surface area contributed by atoms with E-state index < -0.39 is 6.10 Å². The molecule has 2 rings (SSSR count). The average Bonchev–Trinajstić information content (AvgIpc) is 2.82. The maximum absolute atomic E-state index is 12.4. The highest BCUT2D eigenvalue weighted by Gasteiger charge is 2.31. The molecule has 1 aliphatic heterocycles. The summed E-state index contributed by atoms with van der Waals surface area (Å²) in [5.41, 5.74) is 6.57. The summed E-state index contributed by atoms with van der Waals surface area (Å²) in [7, 11) is 0. The summed E-state index contributed by atoms with van der Waals surface area (Å²) in [6.45, 7) is 3.14. The van der Waals surface area contributed by atoms with Crippen molar-refractivity contribution >= 4 is 23.1 Å². The topological polar surface area (TPSA) is 55.6 Å². The molecule has 19 heavy (non-hydrogen) atoms. The van der Waals surface area contributed by atoms with Crippen molar-refractivity contribution in [2.24, 2.45) is 5.73 Å². The van der Waals surface area contributed by atoms with Gasteiger partial charge in [0.15, 0.2) is 6.10 Å². The highest BCUT2D eigenvalue weighted by molar-refractivity contribution is 7.80. The lowest BCUT2D eigenvalue weighted by atomic mass is 10.1. The van der Waals surface area contributed by atoms with Crippen molar-refractivity contribution in [1.29, 1.82) is 0 Å². The summed E-state index contributed by atoms with van der Waals surface area (Å²) in [5, 5.41) is 0. The van der Waals surface area contributed by atoms with Crippen LogP contribution in [0.5, 0.6) is 5.75 Å². The molecule has 5 heteroatoms. The van der Waals surface area contributed by atoms with Gasteiger partial charge in [-0.05, 0) is 18.6 Å². The summed E-state index contributed by atoms with van der Waals surface area (Å²) in [4.78, 5) is 14.6. The molecule has 0 bridgehead atoms. The highest BCUT2D eigenvalue weighted by Crippen LogP contribution is 2.28. The number of thiocarbonyl (C=S) groups is 1. The minimum absolute atomic E-state index is 0.00921. The Labute approximate surface area is 118 Å². The van der Waals surface area contributed by atoms with E-state index in [0.717, 1.165) is 11.3 Å². The summed E-state index contributed by atoms with van der Waals surface area (Å²) in [6.07, 6.45) is 0.774. The molecule has 2 N–H and O–H groups in total. The normalized spacial score (nSPS) is 16.6. The van der Waals surface area contributed by atoms with Gasteiger partial charge in [0, 0.05) is 25.9 Å². The van der Waals surface area contributed by atoms with Crippen LogP contribution in [0.1, 0.15) is 18.9 Å². The number of hydrogen-bond donors (Lipinski definition) is 1. The summed E-state index contributed by atoms with van der Waals surface area (Å²) in [6, 6.07) is 7.76. The van der Waals surface area contributed by atoms with Crippen LogP contribution in [0.4, 0.5) is 0 Å². The zero-order chi connectivity index (χ0) is 13.8. The number of rotatable bonds is 5. The van der Waals surface area contributed by atoms with Crippen LogP contribution in [0.15, 0.2) is 24.3 Å². The van der Waals surface area contributed by atoms with Gasteiger partial charge in [-0.2, -0.15) is 0 Å². The number of fused-ring (bicyclic) bond motifs is 1. The van der Waals surface area contributed by atoms with Crippen molar-refractivity contribution in [2.75, 3.05) is 13.1 Å². The SMILES string of the molecule is CCN(CCC(N)=S)C(=O)C1Cc2ccccc2O1. The third-order valence-electron chi connectivity index (χ3n) is 3.24. The molecular formula is C14H18N2O2S. The van der Waals surface area contributed by atoms with Crippen LogP contribution in [0.2, 0.25) is 0 Å². The van der Waals surface area contributed by atoms with Crippen molar-refractivity contribution in [3.05, 3.63) is 29.8 Å². The third kappa shape index (κ3) is 3.23. The molecule has 1 atom stereocenters. The highest BCUT2D eigenvalue weighted by atomic mass is 32.1.